The van der Waals surface area contributed by atoms with Crippen molar-refractivity contribution in [2.24, 2.45) is 0 Å². The lowest BCUT2D eigenvalue weighted by atomic mass is 10.0. The molecule has 0 fully saturated rings. The van der Waals surface area contributed by atoms with Crippen molar-refractivity contribution in [1.29, 1.82) is 0 Å². The summed E-state index contributed by atoms with van der Waals surface area (Å²) in [7, 11) is 0. The Hall–Kier alpha value is -8.54. The molecule has 65 heavy (non-hydrogen) atoms. The molecule has 9 aromatic carbocycles. The third-order valence-electron chi connectivity index (χ3n) is 13.6. The van der Waals surface area contributed by atoms with Gasteiger partial charge in [0.05, 0.1) is 32.8 Å². The topological polar surface area (TPSA) is 39.4 Å². The molecule has 13 aromatic rings. The SMILES string of the molecule is C1=CCCC(n2c3ccccc3c3c4oc5c(ccc6c5c5cc(N(c7ccccc7)c7ccc(-c8cccc9c8oc8ccccc89)cc7)ccc5n6-c5ccccc5)c4ccc32)=C1. The molecule has 0 bridgehead atoms. The number of rotatable bonds is 6. The highest BCUT2D eigenvalue weighted by molar-refractivity contribution is 6.29. The number of nitrogens with zero attached hydrogens (tertiary/aromatic N) is 3. The van der Waals surface area contributed by atoms with Crippen LogP contribution in [0, 0.1) is 0 Å². The van der Waals surface area contributed by atoms with Crippen molar-refractivity contribution in [2.75, 3.05) is 4.90 Å². The number of allylic oxidation sites excluding steroid dienone is 4. The quantitative estimate of drug-likeness (QED) is 0.168. The molecule has 5 heteroatoms. The zero-order valence-electron chi connectivity index (χ0n) is 35.3. The number of aromatic nitrogens is 2. The van der Waals surface area contributed by atoms with Gasteiger partial charge in [-0.05, 0) is 115 Å². The Bertz CT molecular complexity index is 4110. The molecule has 0 spiro atoms. The maximum absolute atomic E-state index is 7.34. The first-order valence-corrected chi connectivity index (χ1v) is 22.4. The minimum absolute atomic E-state index is 0.897. The lowest BCUT2D eigenvalue weighted by Gasteiger charge is -2.26. The highest BCUT2D eigenvalue weighted by atomic mass is 16.3. The third kappa shape index (κ3) is 5.33. The van der Waals surface area contributed by atoms with Gasteiger partial charge in [-0.2, -0.15) is 0 Å². The van der Waals surface area contributed by atoms with Gasteiger partial charge in [0.15, 0.2) is 0 Å². The summed E-state index contributed by atoms with van der Waals surface area (Å²) in [6, 6.07) is 69.6. The summed E-state index contributed by atoms with van der Waals surface area (Å²) in [5.41, 5.74) is 16.0. The molecule has 0 radical (unpaired) electrons. The van der Waals surface area contributed by atoms with Crippen LogP contribution in [0.1, 0.15) is 12.8 Å². The normalized spacial score (nSPS) is 13.1. The van der Waals surface area contributed by atoms with Crippen molar-refractivity contribution < 1.29 is 8.83 Å². The molecule has 4 aromatic heterocycles. The van der Waals surface area contributed by atoms with E-state index in [2.05, 4.69) is 214 Å². The first-order chi connectivity index (χ1) is 32.3. The van der Waals surface area contributed by atoms with E-state index in [1.165, 1.54) is 22.1 Å². The van der Waals surface area contributed by atoms with Crippen LogP contribution in [-0.4, -0.2) is 9.13 Å². The average molecular weight is 834 g/mol. The van der Waals surface area contributed by atoms with Gasteiger partial charge < -0.3 is 22.9 Å². The van der Waals surface area contributed by atoms with E-state index >= 15 is 0 Å². The minimum atomic E-state index is 0.897. The van der Waals surface area contributed by atoms with Crippen molar-refractivity contribution in [3.8, 4) is 16.8 Å². The lowest BCUT2D eigenvalue weighted by molar-refractivity contribution is 0.670. The van der Waals surface area contributed by atoms with Gasteiger partial charge in [-0.3, -0.25) is 0 Å². The summed E-state index contributed by atoms with van der Waals surface area (Å²) < 4.78 is 18.6. The largest absolute Gasteiger partial charge is 0.455 e. The molecule has 0 amide bonds. The summed E-state index contributed by atoms with van der Waals surface area (Å²) in [4.78, 5) is 2.35. The predicted molar refractivity (Wildman–Crippen MR) is 271 cm³/mol. The van der Waals surface area contributed by atoms with E-state index in [-0.39, 0.29) is 0 Å². The molecule has 0 saturated heterocycles. The van der Waals surface area contributed by atoms with Crippen LogP contribution in [0.2, 0.25) is 0 Å². The summed E-state index contributed by atoms with van der Waals surface area (Å²) in [5.74, 6) is 0. The fraction of sp³-hybridized carbons (Fsp3) is 0.0333. The Morgan fingerprint density at radius 3 is 1.82 bits per heavy atom. The Kier molecular flexibility index (Phi) is 7.74. The van der Waals surface area contributed by atoms with Crippen LogP contribution in [0.25, 0.3) is 110 Å². The Morgan fingerprint density at radius 1 is 0.415 bits per heavy atom. The van der Waals surface area contributed by atoms with Crippen molar-refractivity contribution in [1.82, 2.24) is 9.13 Å². The molecule has 0 N–H and O–H groups in total. The van der Waals surface area contributed by atoms with Gasteiger partial charge in [-0.15, -0.1) is 0 Å². The van der Waals surface area contributed by atoms with Gasteiger partial charge >= 0.3 is 0 Å². The standard InChI is InChI=1S/C60H39N3O2/c1-4-15-39(16-5-1)61(42-29-27-38(28-30-42)44-23-14-24-46-45-21-11-13-26-55(45)64-58(44)46)43-31-34-52-50(37-43)57-54(63(52)41-19-8-3-9-20-41)36-33-48-47-32-35-53-56(59(47)65-60(48)57)49-22-10-12-25-51(49)62(53)40-17-6-2-7-18-40/h1-6,8-17,19-37H,7,18H2. The van der Waals surface area contributed by atoms with Gasteiger partial charge in [0.1, 0.15) is 22.3 Å². The highest BCUT2D eigenvalue weighted by Gasteiger charge is 2.24. The molecular weight excluding hydrogens is 795 g/mol. The second-order valence-corrected chi connectivity index (χ2v) is 17.1. The molecule has 0 aliphatic heterocycles. The van der Waals surface area contributed by atoms with Crippen LogP contribution >= 0.6 is 0 Å². The van der Waals surface area contributed by atoms with Gasteiger partial charge in [0.25, 0.3) is 0 Å². The van der Waals surface area contributed by atoms with Crippen LogP contribution < -0.4 is 4.90 Å². The zero-order chi connectivity index (χ0) is 42.6. The summed E-state index contributed by atoms with van der Waals surface area (Å²) >= 11 is 0. The lowest BCUT2D eigenvalue weighted by Crippen LogP contribution is -2.09. The number of furan rings is 2. The van der Waals surface area contributed by atoms with Crippen LogP contribution in [0.5, 0.6) is 0 Å². The van der Waals surface area contributed by atoms with Gasteiger partial charge in [-0.1, -0.05) is 115 Å². The second kappa shape index (κ2) is 14.0. The summed E-state index contributed by atoms with van der Waals surface area (Å²) in [6.07, 6.45) is 8.72. The molecule has 1 aliphatic rings. The van der Waals surface area contributed by atoms with Crippen LogP contribution in [0.4, 0.5) is 17.1 Å². The molecule has 5 nitrogen and oxygen atoms in total. The fourth-order valence-electron chi connectivity index (χ4n) is 10.7. The summed E-state index contributed by atoms with van der Waals surface area (Å²) in [5, 5.41) is 9.06. The van der Waals surface area contributed by atoms with Gasteiger partial charge in [0, 0.05) is 66.3 Å². The Morgan fingerprint density at radius 2 is 1.03 bits per heavy atom. The van der Waals surface area contributed by atoms with Gasteiger partial charge in [-0.25, -0.2) is 0 Å². The van der Waals surface area contributed by atoms with Crippen molar-refractivity contribution in [3.05, 3.63) is 212 Å². The first kappa shape index (κ1) is 36.0. The van der Waals surface area contributed by atoms with Gasteiger partial charge in [0.2, 0.25) is 0 Å². The number of benzene rings is 9. The van der Waals surface area contributed by atoms with E-state index in [4.69, 9.17) is 8.83 Å². The van der Waals surface area contributed by atoms with Crippen LogP contribution in [0.15, 0.2) is 221 Å². The number of hydrogen-bond acceptors (Lipinski definition) is 3. The van der Waals surface area contributed by atoms with Crippen molar-refractivity contribution in [2.45, 2.75) is 12.8 Å². The van der Waals surface area contributed by atoms with Crippen LogP contribution in [0.3, 0.4) is 0 Å². The molecule has 0 unspecified atom stereocenters. The maximum Gasteiger partial charge on any atom is 0.145 e. The van der Waals surface area contributed by atoms with E-state index in [0.29, 0.717) is 0 Å². The smallest absolute Gasteiger partial charge is 0.145 e. The molecule has 306 valence electrons. The molecular formula is C60H39N3O2. The Balaban J connectivity index is 0.996. The molecule has 0 saturated carbocycles. The van der Waals surface area contributed by atoms with E-state index in [1.54, 1.807) is 0 Å². The first-order valence-electron chi connectivity index (χ1n) is 22.4. The number of hydrogen-bond donors (Lipinski definition) is 0. The minimum Gasteiger partial charge on any atom is -0.455 e. The zero-order valence-corrected chi connectivity index (χ0v) is 35.3. The monoisotopic (exact) mass is 833 g/mol. The number of fused-ring (bicyclic) bond motifs is 14. The summed E-state index contributed by atoms with van der Waals surface area (Å²) in [6.45, 7) is 0. The number of anilines is 3. The third-order valence-corrected chi connectivity index (χ3v) is 13.6. The molecule has 1 aliphatic carbocycles. The van der Waals surface area contributed by atoms with E-state index < -0.39 is 0 Å². The van der Waals surface area contributed by atoms with Crippen molar-refractivity contribution >= 4 is 110 Å². The molecule has 4 heterocycles. The molecule has 14 rings (SSSR count). The highest BCUT2D eigenvalue weighted by Crippen LogP contribution is 2.47. The second-order valence-electron chi connectivity index (χ2n) is 17.1. The number of para-hydroxylation sites is 5. The van der Waals surface area contributed by atoms with E-state index in [0.717, 1.165) is 118 Å². The van der Waals surface area contributed by atoms with E-state index in [9.17, 15) is 0 Å². The predicted octanol–water partition coefficient (Wildman–Crippen LogP) is 17.0. The maximum atomic E-state index is 7.34. The fourth-order valence-corrected chi connectivity index (χ4v) is 10.7. The van der Waals surface area contributed by atoms with E-state index in [1.807, 2.05) is 12.1 Å². The van der Waals surface area contributed by atoms with Crippen LogP contribution in [-0.2, 0) is 0 Å². The Labute approximate surface area is 373 Å². The van der Waals surface area contributed by atoms with Crippen molar-refractivity contribution in [3.63, 3.8) is 0 Å². The average Bonchev–Trinajstić information content (AvgIpc) is 4.13. The molecule has 0 atom stereocenters.